The molecule has 1 heterocycles. The van der Waals surface area contributed by atoms with Crippen molar-refractivity contribution in [2.45, 2.75) is 30.7 Å². The smallest absolute Gasteiger partial charge is 0.314 e. The van der Waals surface area contributed by atoms with Gasteiger partial charge in [-0.05, 0) is 6.92 Å². The molecule has 0 aromatic rings. The van der Waals surface area contributed by atoms with Crippen molar-refractivity contribution >= 4 is 0 Å². The summed E-state index contributed by atoms with van der Waals surface area (Å²) < 4.78 is 86.4. The molecule has 1 rings (SSSR count). The van der Waals surface area contributed by atoms with Crippen LogP contribution in [0, 0.1) is 37.7 Å². The molecule has 0 bridgehead atoms. The molecule has 1 nitrogen and oxygen atoms in total. The van der Waals surface area contributed by atoms with E-state index in [1.54, 1.807) is 0 Å². The molecule has 1 unspecified atom stereocenters. The summed E-state index contributed by atoms with van der Waals surface area (Å²) in [4.78, 5) is 0. The van der Waals surface area contributed by atoms with Gasteiger partial charge in [0.2, 0.25) is 0 Å². The van der Waals surface area contributed by atoms with Crippen LogP contribution in [0.2, 0.25) is 0 Å². The van der Waals surface area contributed by atoms with Crippen LogP contribution < -0.4 is 0 Å². The van der Waals surface area contributed by atoms with Gasteiger partial charge in [-0.25, -0.2) is 4.39 Å². The first-order valence-electron chi connectivity index (χ1n) is 2.98. The average molecular weight is 252 g/mol. The van der Waals surface area contributed by atoms with Gasteiger partial charge in [0, 0.05) is 37.7 Å². The molecule has 86 valence electrons. The fourth-order valence-electron chi connectivity index (χ4n) is 1.04. The molecule has 0 aromatic carbocycles. The fourth-order valence-corrected chi connectivity index (χ4v) is 1.04. The Balaban J connectivity index is 0.00000169. The summed E-state index contributed by atoms with van der Waals surface area (Å²) >= 11 is 0. The van der Waals surface area contributed by atoms with Gasteiger partial charge in [-0.3, -0.25) is 0 Å². The Morgan fingerprint density at radius 1 is 0.929 bits per heavy atom. The molecule has 0 aromatic heterocycles. The molecule has 0 spiro atoms. The van der Waals surface area contributed by atoms with Crippen LogP contribution in [0.25, 0.3) is 0 Å². The van der Waals surface area contributed by atoms with Crippen molar-refractivity contribution in [2.24, 2.45) is 0 Å². The molecule has 14 heavy (non-hydrogen) atoms. The van der Waals surface area contributed by atoms with Gasteiger partial charge in [0.15, 0.2) is 0 Å². The van der Waals surface area contributed by atoms with Crippen LogP contribution in [0.3, 0.4) is 0 Å². The second-order valence-corrected chi connectivity index (χ2v) is 2.70. The van der Waals surface area contributed by atoms with Gasteiger partial charge in [-0.15, -0.1) is 0 Å². The SMILES string of the molecule is CC1(F)OC1(C(F)(F)F)C(F)(F)F.[Ar]. The van der Waals surface area contributed by atoms with E-state index in [2.05, 4.69) is 4.74 Å². The van der Waals surface area contributed by atoms with Crippen molar-refractivity contribution < 1.29 is 73.2 Å². The number of hydrogen-bond acceptors (Lipinski definition) is 1. The van der Waals surface area contributed by atoms with Crippen LogP contribution in [0.5, 0.6) is 0 Å². The van der Waals surface area contributed by atoms with Crippen molar-refractivity contribution in [2.75, 3.05) is 0 Å². The Hall–Kier alpha value is 0.730. The zero-order valence-corrected chi connectivity index (χ0v) is 7.11. The maximum absolute atomic E-state index is 12.4. The van der Waals surface area contributed by atoms with E-state index in [-0.39, 0.29) is 44.7 Å². The third kappa shape index (κ3) is 1.74. The Labute approximate surface area is 104 Å². The minimum Gasteiger partial charge on any atom is -0.314 e. The van der Waals surface area contributed by atoms with Crippen molar-refractivity contribution in [1.29, 1.82) is 0 Å². The van der Waals surface area contributed by atoms with Gasteiger partial charge in [0.05, 0.1) is 0 Å². The minimum atomic E-state index is -5.80. The summed E-state index contributed by atoms with van der Waals surface area (Å²) in [5, 5.41) is 0. The number of rotatable bonds is 0. The van der Waals surface area contributed by atoms with Gasteiger partial charge in [-0.1, -0.05) is 0 Å². The first-order chi connectivity index (χ1) is 5.46. The van der Waals surface area contributed by atoms with Gasteiger partial charge in [-0.2, -0.15) is 26.3 Å². The zero-order chi connectivity index (χ0) is 10.7. The second kappa shape index (κ2) is 3.36. The molecular formula is C5H3ArF7O. The number of hydrogen-bond donors (Lipinski definition) is 0. The normalized spacial score (nSPS) is 30.9. The van der Waals surface area contributed by atoms with E-state index in [4.69, 9.17) is 0 Å². The summed E-state index contributed by atoms with van der Waals surface area (Å²) in [7, 11) is 0. The molecular weight excluding hydrogens is 249 g/mol. The molecule has 0 amide bonds. The topological polar surface area (TPSA) is 12.5 Å². The van der Waals surface area contributed by atoms with Crippen LogP contribution >= 0.6 is 0 Å². The van der Waals surface area contributed by atoms with Crippen molar-refractivity contribution in [3.63, 3.8) is 0 Å². The van der Waals surface area contributed by atoms with Gasteiger partial charge in [0.25, 0.3) is 5.85 Å². The molecule has 1 aliphatic heterocycles. The fraction of sp³-hybridized carbons (Fsp3) is 1.00. The molecule has 1 fully saturated rings. The van der Waals surface area contributed by atoms with Crippen molar-refractivity contribution in [1.82, 2.24) is 0 Å². The van der Waals surface area contributed by atoms with Crippen molar-refractivity contribution in [3.8, 4) is 0 Å². The van der Waals surface area contributed by atoms with Gasteiger partial charge < -0.3 is 4.74 Å². The quantitative estimate of drug-likeness (QED) is 0.476. The summed E-state index contributed by atoms with van der Waals surface area (Å²) in [6.45, 7) is 0.0913. The molecule has 9 heteroatoms. The van der Waals surface area contributed by atoms with Crippen LogP contribution in [0.15, 0.2) is 0 Å². The van der Waals surface area contributed by atoms with Crippen LogP contribution in [-0.4, -0.2) is 23.8 Å². The molecule has 0 N–H and O–H groups in total. The first kappa shape index (κ1) is 14.7. The van der Waals surface area contributed by atoms with E-state index in [1.807, 2.05) is 0 Å². The van der Waals surface area contributed by atoms with Crippen molar-refractivity contribution in [3.05, 3.63) is 0 Å². The standard InChI is InChI=1S/C5H3F7O.Ar/c1-2(6)3(13-2,4(7,8)9)5(10,11)12;/h1H3;. The average Bonchev–Trinajstić information content (AvgIpc) is 2.30. The number of ether oxygens (including phenoxy) is 1. The van der Waals surface area contributed by atoms with Crippen LogP contribution in [0.4, 0.5) is 30.7 Å². The van der Waals surface area contributed by atoms with E-state index >= 15 is 0 Å². The van der Waals surface area contributed by atoms with E-state index in [1.165, 1.54) is 0 Å². The molecule has 1 atom stereocenters. The largest absolute Gasteiger partial charge is 0.432 e. The molecule has 0 saturated carbocycles. The predicted molar refractivity (Wildman–Crippen MR) is 25.4 cm³/mol. The number of halogens is 7. The molecule has 0 radical (unpaired) electrons. The Morgan fingerprint density at radius 3 is 1.14 bits per heavy atom. The second-order valence-electron chi connectivity index (χ2n) is 2.70. The van der Waals surface area contributed by atoms with E-state index in [0.717, 1.165) is 0 Å². The van der Waals surface area contributed by atoms with E-state index in [0.29, 0.717) is 0 Å². The van der Waals surface area contributed by atoms with Gasteiger partial charge >= 0.3 is 18.0 Å². The van der Waals surface area contributed by atoms with Gasteiger partial charge in [0.1, 0.15) is 0 Å². The zero-order valence-electron chi connectivity index (χ0n) is 6.41. The number of epoxide rings is 1. The summed E-state index contributed by atoms with van der Waals surface area (Å²) in [6, 6.07) is 0. The Kier molecular flexibility index (Phi) is 3.54. The molecule has 1 aliphatic rings. The first-order valence-corrected chi connectivity index (χ1v) is 2.98. The summed E-state index contributed by atoms with van der Waals surface area (Å²) in [6.07, 6.45) is -11.6. The third-order valence-corrected chi connectivity index (χ3v) is 1.73. The summed E-state index contributed by atoms with van der Waals surface area (Å²) in [5.41, 5.74) is -4.65. The Bertz CT molecular complexity index is 215. The minimum absolute atomic E-state index is 0. The maximum atomic E-state index is 12.4. The van der Waals surface area contributed by atoms with Crippen LogP contribution in [0.1, 0.15) is 6.92 Å². The molecule has 1 saturated heterocycles. The van der Waals surface area contributed by atoms with E-state index in [9.17, 15) is 30.7 Å². The summed E-state index contributed by atoms with van der Waals surface area (Å²) in [5.74, 6) is -3.72. The third-order valence-electron chi connectivity index (χ3n) is 1.73. The van der Waals surface area contributed by atoms with Crippen LogP contribution in [-0.2, 0) is 4.74 Å². The molecule has 0 aliphatic carbocycles. The maximum Gasteiger partial charge on any atom is 0.432 e. The van der Waals surface area contributed by atoms with E-state index < -0.39 is 23.8 Å². The Morgan fingerprint density at radius 2 is 1.14 bits per heavy atom. The monoisotopic (exact) mass is 252 g/mol. The predicted octanol–water partition coefficient (Wildman–Crippen LogP) is 2.57. The number of alkyl halides is 7.